The standard InChI is InChI=1S/C37H59N5O7/c1-9-16-38-33(47)31(45)24-15-13-11-10-12-14-17-49-22-25(34(48)42-20-23-29(37(23,7)8)30(42)32(46)40-24)39-26(35(2,3)4)21-41-27(43)18-36(5,6)19-28(41)44/h9,23-26,29-30,39H,1,10-22H2,2-8H3,(H,38,47)(H,40,46)/t23-,24-,25-,26+,29-,30-/m0/s1. The molecule has 12 heteroatoms. The van der Waals surface area contributed by atoms with E-state index in [4.69, 9.17) is 4.74 Å². The second kappa shape index (κ2) is 15.4. The Morgan fingerprint density at radius 3 is 2.29 bits per heavy atom. The number of likely N-dealkylation sites (tertiary alicyclic amines) is 1. The summed E-state index contributed by atoms with van der Waals surface area (Å²) in [5, 5.41) is 8.91. The fraction of sp³-hybridized carbons (Fsp3) is 0.784. The van der Waals surface area contributed by atoms with Crippen molar-refractivity contribution < 1.29 is 33.5 Å². The SMILES string of the molecule is C=CCNC(=O)C(=O)[C@@H]1CCCCCCCOC[C@H](N[C@H](CN2C(=O)CC(C)(C)CC2=O)C(C)(C)C)C(=O)N2C[C@H]3[C@@H]([C@H]2C(=O)N1)C3(C)C. The maximum atomic E-state index is 14.6. The van der Waals surface area contributed by atoms with Gasteiger partial charge in [-0.05, 0) is 40.9 Å². The smallest absolute Gasteiger partial charge is 0.289 e. The summed E-state index contributed by atoms with van der Waals surface area (Å²) in [5.74, 6) is -2.66. The van der Waals surface area contributed by atoms with E-state index in [-0.39, 0.29) is 67.5 Å². The molecule has 1 aliphatic carbocycles. The molecule has 49 heavy (non-hydrogen) atoms. The number of rotatable bonds is 8. The molecule has 0 aromatic heterocycles. The van der Waals surface area contributed by atoms with Gasteiger partial charge in [-0.2, -0.15) is 0 Å². The lowest BCUT2D eigenvalue weighted by Gasteiger charge is -2.41. The van der Waals surface area contributed by atoms with Gasteiger partial charge in [-0.1, -0.05) is 80.2 Å². The van der Waals surface area contributed by atoms with Gasteiger partial charge in [0.1, 0.15) is 12.1 Å². The van der Waals surface area contributed by atoms with Crippen molar-refractivity contribution in [3.05, 3.63) is 12.7 Å². The third-order valence-corrected chi connectivity index (χ3v) is 11.1. The summed E-state index contributed by atoms with van der Waals surface area (Å²) in [6.45, 7) is 18.7. The molecule has 3 N–H and O–H groups in total. The van der Waals surface area contributed by atoms with Gasteiger partial charge in [0.05, 0.1) is 12.6 Å². The molecule has 4 rings (SSSR count). The van der Waals surface area contributed by atoms with Crippen molar-refractivity contribution in [2.75, 3.05) is 32.8 Å². The van der Waals surface area contributed by atoms with Crippen LogP contribution in [0.4, 0.5) is 0 Å². The Balaban J connectivity index is 1.61. The van der Waals surface area contributed by atoms with Crippen molar-refractivity contribution in [2.45, 2.75) is 124 Å². The average molecular weight is 686 g/mol. The third-order valence-electron chi connectivity index (χ3n) is 11.1. The van der Waals surface area contributed by atoms with E-state index < -0.39 is 52.6 Å². The molecule has 0 spiro atoms. The molecule has 5 amide bonds. The molecule has 3 heterocycles. The zero-order valence-electron chi connectivity index (χ0n) is 30.7. The van der Waals surface area contributed by atoms with Crippen molar-refractivity contribution >= 4 is 35.3 Å². The normalized spacial score (nSPS) is 30.1. The number of ketones is 1. The van der Waals surface area contributed by atoms with E-state index in [9.17, 15) is 28.8 Å². The first-order valence-electron chi connectivity index (χ1n) is 18.1. The Morgan fingerprint density at radius 1 is 1.02 bits per heavy atom. The molecule has 3 aliphatic heterocycles. The molecule has 4 fully saturated rings. The summed E-state index contributed by atoms with van der Waals surface area (Å²) in [4.78, 5) is 83.9. The quantitative estimate of drug-likeness (QED) is 0.200. The number of carbonyl (C=O) groups excluding carboxylic acids is 6. The van der Waals surface area contributed by atoms with Crippen LogP contribution in [0.1, 0.15) is 99.8 Å². The minimum atomic E-state index is -1.00. The third kappa shape index (κ3) is 9.17. The van der Waals surface area contributed by atoms with Gasteiger partial charge < -0.3 is 20.3 Å². The number of nitrogens with one attached hydrogen (secondary N) is 3. The predicted octanol–water partition coefficient (Wildman–Crippen LogP) is 2.74. The molecule has 1 saturated carbocycles. The van der Waals surface area contributed by atoms with Crippen LogP contribution in [0.3, 0.4) is 0 Å². The summed E-state index contributed by atoms with van der Waals surface area (Å²) >= 11 is 0. The lowest BCUT2D eigenvalue weighted by Crippen LogP contribution is -2.62. The minimum Gasteiger partial charge on any atom is -0.379 e. The molecular formula is C37H59N5O7. The highest BCUT2D eigenvalue weighted by Crippen LogP contribution is 2.65. The van der Waals surface area contributed by atoms with Crippen LogP contribution in [0.5, 0.6) is 0 Å². The Labute approximate surface area is 291 Å². The molecule has 3 saturated heterocycles. The molecule has 12 nitrogen and oxygen atoms in total. The summed E-state index contributed by atoms with van der Waals surface area (Å²) < 4.78 is 6.10. The molecule has 0 aromatic carbocycles. The minimum absolute atomic E-state index is 0.0640. The number of carbonyl (C=O) groups is 6. The molecule has 0 radical (unpaired) electrons. The van der Waals surface area contributed by atoms with Crippen LogP contribution in [-0.4, -0.2) is 102 Å². The number of hydrogen-bond acceptors (Lipinski definition) is 8. The molecule has 0 unspecified atom stereocenters. The van der Waals surface area contributed by atoms with Gasteiger partial charge in [0.2, 0.25) is 29.4 Å². The topological polar surface area (TPSA) is 154 Å². The average Bonchev–Trinajstić information content (AvgIpc) is 3.31. The highest BCUT2D eigenvalue weighted by Gasteiger charge is 2.69. The Kier molecular flexibility index (Phi) is 12.2. The van der Waals surface area contributed by atoms with Gasteiger partial charge in [0, 0.05) is 45.1 Å². The number of hydrogen-bond donors (Lipinski definition) is 3. The van der Waals surface area contributed by atoms with Crippen LogP contribution >= 0.6 is 0 Å². The second-order valence-corrected chi connectivity index (χ2v) is 17.0. The molecule has 0 aromatic rings. The summed E-state index contributed by atoms with van der Waals surface area (Å²) in [6, 6.07) is -3.12. The Bertz CT molecular complexity index is 1280. The van der Waals surface area contributed by atoms with Crippen molar-refractivity contribution in [3.8, 4) is 0 Å². The summed E-state index contributed by atoms with van der Waals surface area (Å²) in [6.07, 6.45) is 6.43. The van der Waals surface area contributed by atoms with Crippen molar-refractivity contribution in [1.29, 1.82) is 0 Å². The van der Waals surface area contributed by atoms with Gasteiger partial charge in [-0.3, -0.25) is 39.0 Å². The van der Waals surface area contributed by atoms with Gasteiger partial charge in [0.15, 0.2) is 0 Å². The van der Waals surface area contributed by atoms with E-state index in [2.05, 4.69) is 36.4 Å². The monoisotopic (exact) mass is 685 g/mol. The summed E-state index contributed by atoms with van der Waals surface area (Å²) in [7, 11) is 0. The molecule has 6 atom stereocenters. The first kappa shape index (κ1) is 38.7. The van der Waals surface area contributed by atoms with Crippen LogP contribution < -0.4 is 16.0 Å². The lowest BCUT2D eigenvalue weighted by atomic mass is 9.80. The zero-order chi connectivity index (χ0) is 36.3. The van der Waals surface area contributed by atoms with E-state index in [0.717, 1.165) is 25.7 Å². The maximum Gasteiger partial charge on any atom is 0.289 e. The van der Waals surface area contributed by atoms with Crippen LogP contribution in [0.25, 0.3) is 0 Å². The van der Waals surface area contributed by atoms with E-state index in [0.29, 0.717) is 26.0 Å². The van der Waals surface area contributed by atoms with Crippen LogP contribution in [0.2, 0.25) is 0 Å². The first-order chi connectivity index (χ1) is 22.9. The van der Waals surface area contributed by atoms with E-state index in [1.165, 1.54) is 11.0 Å². The Hall–Kier alpha value is -3.12. The number of nitrogens with zero attached hydrogens (tertiary/aromatic N) is 2. The number of ether oxygens (including phenoxy) is 1. The largest absolute Gasteiger partial charge is 0.379 e. The fourth-order valence-corrected chi connectivity index (χ4v) is 7.84. The van der Waals surface area contributed by atoms with Crippen molar-refractivity contribution in [1.82, 2.24) is 25.8 Å². The van der Waals surface area contributed by atoms with Gasteiger partial charge in [-0.15, -0.1) is 6.58 Å². The second-order valence-electron chi connectivity index (χ2n) is 17.0. The number of amides is 5. The maximum absolute atomic E-state index is 14.6. The fourth-order valence-electron chi connectivity index (χ4n) is 7.84. The number of fused-ring (bicyclic) bond motifs is 3. The lowest BCUT2D eigenvalue weighted by molar-refractivity contribution is -0.153. The van der Waals surface area contributed by atoms with E-state index in [1.54, 1.807) is 4.90 Å². The molecular weight excluding hydrogens is 626 g/mol. The van der Waals surface area contributed by atoms with E-state index >= 15 is 0 Å². The zero-order valence-corrected chi connectivity index (χ0v) is 30.7. The summed E-state index contributed by atoms with van der Waals surface area (Å²) in [5.41, 5.74) is -1.02. The van der Waals surface area contributed by atoms with Gasteiger partial charge in [-0.25, -0.2) is 0 Å². The number of piperidine rings is 2. The molecule has 0 bridgehead atoms. The number of Topliss-reactive ketones (excluding diaryl/α,β-unsaturated/α-hetero) is 1. The highest BCUT2D eigenvalue weighted by atomic mass is 16.5. The first-order valence-corrected chi connectivity index (χ1v) is 18.1. The molecule has 4 aliphatic rings. The van der Waals surface area contributed by atoms with Gasteiger partial charge in [0.25, 0.3) is 5.91 Å². The molecule has 274 valence electrons. The number of imide groups is 1. The highest BCUT2D eigenvalue weighted by molar-refractivity contribution is 6.38. The van der Waals surface area contributed by atoms with Crippen LogP contribution in [0, 0.1) is 28.1 Å². The Morgan fingerprint density at radius 2 is 1.65 bits per heavy atom. The van der Waals surface area contributed by atoms with Crippen molar-refractivity contribution in [2.24, 2.45) is 28.1 Å². The van der Waals surface area contributed by atoms with E-state index in [1.807, 2.05) is 34.6 Å². The van der Waals surface area contributed by atoms with Crippen molar-refractivity contribution in [3.63, 3.8) is 0 Å². The van der Waals surface area contributed by atoms with Crippen LogP contribution in [0.15, 0.2) is 12.7 Å². The van der Waals surface area contributed by atoms with Crippen LogP contribution in [-0.2, 0) is 33.5 Å². The van der Waals surface area contributed by atoms with Gasteiger partial charge >= 0.3 is 0 Å². The predicted molar refractivity (Wildman–Crippen MR) is 185 cm³/mol.